The quantitative estimate of drug-likeness (QED) is 0.834. The van der Waals surface area contributed by atoms with Crippen LogP contribution in [0.15, 0.2) is 24.3 Å². The van der Waals surface area contributed by atoms with Crippen LogP contribution < -0.4 is 9.64 Å². The Balaban J connectivity index is 1.81. The van der Waals surface area contributed by atoms with Crippen LogP contribution in [-0.4, -0.2) is 43.0 Å². The molecule has 0 amide bonds. The third kappa shape index (κ3) is 3.10. The first-order valence-electron chi connectivity index (χ1n) is 7.48. The zero-order valence-electron chi connectivity index (χ0n) is 12.5. The van der Waals surface area contributed by atoms with Gasteiger partial charge in [0.2, 0.25) is 0 Å². The number of unbranched alkanes of at least 4 members (excludes halogenated alkanes) is 1. The third-order valence-electron chi connectivity index (χ3n) is 3.95. The van der Waals surface area contributed by atoms with Crippen LogP contribution in [0.2, 0.25) is 0 Å². The number of amidine groups is 1. The van der Waals surface area contributed by atoms with E-state index in [0.29, 0.717) is 11.8 Å². The van der Waals surface area contributed by atoms with Gasteiger partial charge >= 0.3 is 0 Å². The molecule has 2 atom stereocenters. The second-order valence-corrected chi connectivity index (χ2v) is 9.06. The summed E-state index contributed by atoms with van der Waals surface area (Å²) in [7, 11) is -2.99. The van der Waals surface area contributed by atoms with Crippen molar-refractivity contribution in [3.63, 3.8) is 0 Å². The molecule has 0 radical (unpaired) electrons. The number of sulfone groups is 1. The highest BCUT2D eigenvalue weighted by molar-refractivity contribution is 8.15. The first-order chi connectivity index (χ1) is 10.5. The molecule has 2 heterocycles. The van der Waals surface area contributed by atoms with E-state index in [9.17, 15) is 8.42 Å². The number of nitrogens with zero attached hydrogens (tertiary/aromatic N) is 1. The minimum absolute atomic E-state index is 0.0258. The smallest absolute Gasteiger partial charge is 0.161 e. The summed E-state index contributed by atoms with van der Waals surface area (Å²) in [5, 5.41) is 8.56. The number of hydrogen-bond donors (Lipinski definition) is 1. The van der Waals surface area contributed by atoms with E-state index in [1.165, 1.54) is 11.8 Å². The van der Waals surface area contributed by atoms with Crippen molar-refractivity contribution >= 4 is 32.5 Å². The van der Waals surface area contributed by atoms with Gasteiger partial charge in [0.15, 0.2) is 15.0 Å². The monoisotopic (exact) mass is 340 g/mol. The van der Waals surface area contributed by atoms with Crippen LogP contribution in [0.25, 0.3) is 0 Å². The van der Waals surface area contributed by atoms with Crippen LogP contribution in [0.1, 0.15) is 19.8 Å². The number of fused-ring (bicyclic) bond motifs is 1. The predicted molar refractivity (Wildman–Crippen MR) is 90.9 cm³/mol. The van der Waals surface area contributed by atoms with Gasteiger partial charge in [-0.25, -0.2) is 8.42 Å². The van der Waals surface area contributed by atoms with E-state index in [2.05, 4.69) is 6.92 Å². The number of anilines is 1. The zero-order chi connectivity index (χ0) is 15.7. The van der Waals surface area contributed by atoms with Gasteiger partial charge in [0, 0.05) is 17.0 Å². The molecule has 1 aromatic carbocycles. The summed E-state index contributed by atoms with van der Waals surface area (Å²) >= 11 is 1.36. The lowest BCUT2D eigenvalue weighted by Gasteiger charge is -2.24. The highest BCUT2D eigenvalue weighted by atomic mass is 32.2. The Morgan fingerprint density at radius 2 is 2.23 bits per heavy atom. The van der Waals surface area contributed by atoms with Gasteiger partial charge in [-0.2, -0.15) is 0 Å². The lowest BCUT2D eigenvalue weighted by Crippen LogP contribution is -2.37. The van der Waals surface area contributed by atoms with Crippen molar-refractivity contribution in [2.24, 2.45) is 0 Å². The van der Waals surface area contributed by atoms with E-state index in [0.717, 1.165) is 24.3 Å². The van der Waals surface area contributed by atoms with Crippen molar-refractivity contribution in [3.05, 3.63) is 24.3 Å². The molecule has 3 rings (SSSR count). The number of nitrogens with one attached hydrogen (secondary N) is 1. The maximum Gasteiger partial charge on any atom is 0.161 e. The Morgan fingerprint density at radius 3 is 3.00 bits per heavy atom. The SMILES string of the molecule is CCCCOc1cccc(N2C(=N)S[C@@H]3CS(=O)(=O)C[C@@H]32)c1. The largest absolute Gasteiger partial charge is 0.494 e. The highest BCUT2D eigenvalue weighted by Gasteiger charge is 2.48. The molecule has 0 aliphatic carbocycles. The van der Waals surface area contributed by atoms with Crippen LogP contribution in [0.4, 0.5) is 5.69 Å². The molecule has 0 spiro atoms. The van der Waals surface area contributed by atoms with Gasteiger partial charge in [-0.3, -0.25) is 5.41 Å². The standard InChI is InChI=1S/C15H20N2O3S2/c1-2-3-7-20-12-6-4-5-11(8-12)17-13-9-22(18,19)10-14(13)21-15(17)16/h4-6,8,13-14,16H,2-3,7,9-10H2,1H3/t13-,14+/m0/s1. The maximum atomic E-state index is 11.8. The van der Waals surface area contributed by atoms with Crippen LogP contribution >= 0.6 is 11.8 Å². The van der Waals surface area contributed by atoms with E-state index >= 15 is 0 Å². The third-order valence-corrected chi connectivity index (χ3v) is 7.08. The Labute approximate surface area is 135 Å². The fourth-order valence-electron chi connectivity index (χ4n) is 2.87. The average Bonchev–Trinajstić information content (AvgIpc) is 2.89. The first kappa shape index (κ1) is 15.7. The molecule has 2 aliphatic rings. The number of rotatable bonds is 5. The van der Waals surface area contributed by atoms with Gasteiger partial charge in [0.25, 0.3) is 0 Å². The van der Waals surface area contributed by atoms with Crippen LogP contribution in [0.3, 0.4) is 0 Å². The molecular formula is C15H20N2O3S2. The summed E-state index contributed by atoms with van der Waals surface area (Å²) in [6, 6.07) is 7.47. The molecule has 5 nitrogen and oxygen atoms in total. The summed E-state index contributed by atoms with van der Waals surface area (Å²) in [5.41, 5.74) is 0.844. The highest BCUT2D eigenvalue weighted by Crippen LogP contribution is 2.40. The summed E-state index contributed by atoms with van der Waals surface area (Å²) in [4.78, 5) is 1.84. The molecule has 2 saturated heterocycles. The van der Waals surface area contributed by atoms with E-state index in [1.807, 2.05) is 29.2 Å². The van der Waals surface area contributed by atoms with Crippen molar-refractivity contribution in [3.8, 4) is 5.75 Å². The van der Waals surface area contributed by atoms with Crippen molar-refractivity contribution in [2.45, 2.75) is 31.1 Å². The van der Waals surface area contributed by atoms with Crippen LogP contribution in [-0.2, 0) is 9.84 Å². The minimum Gasteiger partial charge on any atom is -0.494 e. The summed E-state index contributed by atoms with van der Waals surface area (Å²) in [5.74, 6) is 1.08. The van der Waals surface area contributed by atoms with Crippen molar-refractivity contribution < 1.29 is 13.2 Å². The lowest BCUT2D eigenvalue weighted by molar-refractivity contribution is 0.309. The molecule has 2 aliphatic heterocycles. The normalized spacial score (nSPS) is 26.2. The van der Waals surface area contributed by atoms with Crippen molar-refractivity contribution in [2.75, 3.05) is 23.0 Å². The Bertz CT molecular complexity index is 675. The average molecular weight is 340 g/mol. The predicted octanol–water partition coefficient (Wildman–Crippen LogP) is 2.52. The van der Waals surface area contributed by atoms with Gasteiger partial charge in [0.05, 0.1) is 24.2 Å². The molecule has 120 valence electrons. The molecule has 0 unspecified atom stereocenters. The number of hydrogen-bond acceptors (Lipinski definition) is 5. The molecule has 2 fully saturated rings. The number of benzene rings is 1. The van der Waals surface area contributed by atoms with Crippen LogP contribution in [0, 0.1) is 5.41 Å². The van der Waals surface area contributed by atoms with Crippen molar-refractivity contribution in [1.29, 1.82) is 5.41 Å². The van der Waals surface area contributed by atoms with E-state index < -0.39 is 9.84 Å². The van der Waals surface area contributed by atoms with E-state index in [4.69, 9.17) is 10.1 Å². The second-order valence-electron chi connectivity index (χ2n) is 5.68. The molecule has 1 N–H and O–H groups in total. The summed E-state index contributed by atoms with van der Waals surface area (Å²) in [6.07, 6.45) is 2.08. The van der Waals surface area contributed by atoms with Gasteiger partial charge in [0.1, 0.15) is 5.75 Å². The van der Waals surface area contributed by atoms with Gasteiger partial charge in [-0.15, -0.1) is 0 Å². The fraction of sp³-hybridized carbons (Fsp3) is 0.533. The zero-order valence-corrected chi connectivity index (χ0v) is 14.1. The van der Waals surface area contributed by atoms with E-state index in [-0.39, 0.29) is 22.8 Å². The molecule has 1 aromatic rings. The Hall–Kier alpha value is -1.21. The van der Waals surface area contributed by atoms with E-state index in [1.54, 1.807) is 0 Å². The molecule has 0 bridgehead atoms. The maximum absolute atomic E-state index is 11.8. The molecule has 7 heteroatoms. The summed E-state index contributed by atoms with van der Waals surface area (Å²) < 4.78 is 29.4. The molecule has 0 saturated carbocycles. The lowest BCUT2D eigenvalue weighted by atomic mass is 10.2. The minimum atomic E-state index is -2.99. The number of thioether (sulfide) groups is 1. The Morgan fingerprint density at radius 1 is 1.41 bits per heavy atom. The Kier molecular flexibility index (Phi) is 4.36. The summed E-state index contributed by atoms with van der Waals surface area (Å²) in [6.45, 7) is 2.79. The fourth-order valence-corrected chi connectivity index (χ4v) is 6.66. The van der Waals surface area contributed by atoms with Gasteiger partial charge in [-0.05, 0) is 18.6 Å². The number of ether oxygens (including phenoxy) is 1. The molecule has 0 aromatic heterocycles. The van der Waals surface area contributed by atoms with Crippen molar-refractivity contribution in [1.82, 2.24) is 0 Å². The van der Waals surface area contributed by atoms with Crippen LogP contribution in [0.5, 0.6) is 5.75 Å². The van der Waals surface area contributed by atoms with Gasteiger partial charge < -0.3 is 9.64 Å². The second kappa shape index (κ2) is 6.12. The topological polar surface area (TPSA) is 70.5 Å². The molecule has 22 heavy (non-hydrogen) atoms. The molecular weight excluding hydrogens is 320 g/mol. The van der Waals surface area contributed by atoms with Gasteiger partial charge in [-0.1, -0.05) is 31.2 Å². The first-order valence-corrected chi connectivity index (χ1v) is 10.2.